The van der Waals surface area contributed by atoms with E-state index in [9.17, 15) is 14.7 Å². The third-order valence-corrected chi connectivity index (χ3v) is 4.90. The van der Waals surface area contributed by atoms with E-state index in [4.69, 9.17) is 16.6 Å². The maximum atomic E-state index is 10.4. The first kappa shape index (κ1) is 39.8. The first-order valence-corrected chi connectivity index (χ1v) is 14.1. The summed E-state index contributed by atoms with van der Waals surface area (Å²) in [6.45, 7) is 7.33. The smallest absolute Gasteiger partial charge is 0.303 e. The van der Waals surface area contributed by atoms with Gasteiger partial charge < -0.3 is 26.5 Å². The van der Waals surface area contributed by atoms with E-state index < -0.39 is 11.9 Å². The fourth-order valence-electron chi connectivity index (χ4n) is 2.92. The first-order valence-electron chi connectivity index (χ1n) is 14.1. The minimum Gasteiger partial charge on any atom is -0.550 e. The van der Waals surface area contributed by atoms with Gasteiger partial charge in [-0.1, -0.05) is 107 Å². The van der Waals surface area contributed by atoms with Gasteiger partial charge in [-0.15, -0.1) is 0 Å². The quantitative estimate of drug-likeness (QED) is 0.156. The number of carbonyl (C=O) groups excluding carboxylic acids is 1. The van der Waals surface area contributed by atoms with Gasteiger partial charge in [0, 0.05) is 25.5 Å². The summed E-state index contributed by atoms with van der Waals surface area (Å²) in [5.74, 6) is -1.84. The van der Waals surface area contributed by atoms with Crippen molar-refractivity contribution in [1.82, 2.24) is 0 Å². The molecule has 0 aromatic heterocycles. The lowest BCUT2D eigenvalue weighted by atomic mass is 9.99. The van der Waals surface area contributed by atoms with E-state index in [1.807, 2.05) is 26.0 Å². The summed E-state index contributed by atoms with van der Waals surface area (Å²) >= 11 is 0. The van der Waals surface area contributed by atoms with Gasteiger partial charge in [0.25, 0.3) is 0 Å². The largest absolute Gasteiger partial charge is 0.550 e. The van der Waals surface area contributed by atoms with Gasteiger partial charge >= 0.3 is 5.97 Å². The zero-order valence-corrected chi connectivity index (χ0v) is 24.2. The van der Waals surface area contributed by atoms with Gasteiger partial charge in [-0.05, 0) is 63.7 Å². The topological polar surface area (TPSA) is 129 Å². The van der Waals surface area contributed by atoms with E-state index in [2.05, 4.69) is 67.7 Å². The zero-order valence-electron chi connectivity index (χ0n) is 24.2. The number of carboxylic acid groups (broad SMARTS) is 2. The molecule has 218 valence electrons. The number of carbonyl (C=O) groups is 2. The highest BCUT2D eigenvalue weighted by molar-refractivity contribution is 5.67. The average molecular weight is 532 g/mol. The number of hydrogen-bond acceptors (Lipinski definition) is 5. The van der Waals surface area contributed by atoms with Crippen molar-refractivity contribution in [2.45, 2.75) is 97.8 Å². The van der Waals surface area contributed by atoms with Crippen molar-refractivity contribution < 1.29 is 19.8 Å². The molecule has 0 aliphatic rings. The highest BCUT2D eigenvalue weighted by Gasteiger charge is 2.05. The number of nitrogens with two attached hydrogens (primary N) is 2. The van der Waals surface area contributed by atoms with Gasteiger partial charge in [-0.3, -0.25) is 4.79 Å². The molecule has 0 radical (unpaired) electrons. The lowest BCUT2D eigenvalue weighted by molar-refractivity contribution is -0.312. The third kappa shape index (κ3) is 40.5. The predicted molar refractivity (Wildman–Crippen MR) is 162 cm³/mol. The van der Waals surface area contributed by atoms with E-state index in [1.54, 1.807) is 0 Å². The molecule has 6 heteroatoms. The Labute approximate surface area is 233 Å². The van der Waals surface area contributed by atoms with Crippen LogP contribution in [0.15, 0.2) is 72.9 Å². The van der Waals surface area contributed by atoms with Crippen molar-refractivity contribution in [2.75, 3.05) is 13.1 Å². The molecular formula is C32H55N2O4-. The van der Waals surface area contributed by atoms with Crippen molar-refractivity contribution in [3.05, 3.63) is 72.9 Å². The lowest BCUT2D eigenvalue weighted by Gasteiger charge is -2.15. The van der Waals surface area contributed by atoms with Crippen LogP contribution in [0.4, 0.5) is 0 Å². The van der Waals surface area contributed by atoms with E-state index in [0.29, 0.717) is 19.5 Å². The van der Waals surface area contributed by atoms with Gasteiger partial charge in [0.1, 0.15) is 0 Å². The summed E-state index contributed by atoms with van der Waals surface area (Å²) in [5, 5.41) is 18.9. The second kappa shape index (κ2) is 36.5. The highest BCUT2D eigenvalue weighted by atomic mass is 16.4. The summed E-state index contributed by atoms with van der Waals surface area (Å²) in [5.41, 5.74) is 9.81. The van der Waals surface area contributed by atoms with Crippen LogP contribution in [0.3, 0.4) is 0 Å². The molecule has 38 heavy (non-hydrogen) atoms. The first-order chi connectivity index (χ1) is 18.4. The van der Waals surface area contributed by atoms with Crippen molar-refractivity contribution in [2.24, 2.45) is 17.4 Å². The van der Waals surface area contributed by atoms with E-state index in [-0.39, 0.29) is 12.3 Å². The number of rotatable bonds is 20. The molecular weight excluding hydrogens is 476 g/mol. The summed E-state index contributed by atoms with van der Waals surface area (Å²) < 4.78 is 0. The summed E-state index contributed by atoms with van der Waals surface area (Å²) in [7, 11) is 0. The van der Waals surface area contributed by atoms with E-state index >= 15 is 0 Å². The minimum atomic E-state index is -0.885. The molecule has 5 N–H and O–H groups in total. The maximum Gasteiger partial charge on any atom is 0.303 e. The van der Waals surface area contributed by atoms with Crippen molar-refractivity contribution >= 4 is 11.9 Å². The van der Waals surface area contributed by atoms with Crippen LogP contribution in [0.2, 0.25) is 0 Å². The fraction of sp³-hybridized carbons (Fsp3) is 0.562. The molecule has 0 unspecified atom stereocenters. The molecule has 0 heterocycles. The van der Waals surface area contributed by atoms with Gasteiger partial charge in [0.15, 0.2) is 0 Å². The van der Waals surface area contributed by atoms with Crippen LogP contribution < -0.4 is 16.6 Å². The summed E-state index contributed by atoms with van der Waals surface area (Å²) in [6.07, 6.45) is 35.8. The predicted octanol–water partition coefficient (Wildman–Crippen LogP) is 6.41. The molecule has 0 fully saturated rings. The van der Waals surface area contributed by atoms with Gasteiger partial charge in [-0.2, -0.15) is 0 Å². The molecule has 0 rings (SSSR count). The molecule has 0 saturated heterocycles. The van der Waals surface area contributed by atoms with E-state index in [0.717, 1.165) is 64.2 Å². The molecule has 0 saturated carbocycles. The van der Waals surface area contributed by atoms with Crippen LogP contribution in [-0.4, -0.2) is 30.1 Å². The highest BCUT2D eigenvalue weighted by Crippen LogP contribution is 2.11. The van der Waals surface area contributed by atoms with Gasteiger partial charge in [0.2, 0.25) is 0 Å². The summed E-state index contributed by atoms with van der Waals surface area (Å²) in [4.78, 5) is 20.7. The zero-order chi connectivity index (χ0) is 29.1. The monoisotopic (exact) mass is 531 g/mol. The Balaban J connectivity index is -0.000000718. The normalized spacial score (nSPS) is 11.7. The Morgan fingerprint density at radius 2 is 1.00 bits per heavy atom. The molecule has 0 atom stereocenters. The SMILES string of the molecule is CC/C=C\C/C=C\C/C=C\C/C=C\C/C=C\C/C=C\CCC(=O)O.CCCC(CCC)C(=O)[O-].NCCN. The maximum absolute atomic E-state index is 10.4. The number of allylic oxidation sites excluding steroid dienone is 12. The van der Waals surface area contributed by atoms with Crippen LogP contribution in [0.5, 0.6) is 0 Å². The Morgan fingerprint density at radius 3 is 1.26 bits per heavy atom. The second-order valence-corrected chi connectivity index (χ2v) is 8.52. The summed E-state index contributed by atoms with van der Waals surface area (Å²) in [6, 6.07) is 0. The van der Waals surface area contributed by atoms with Crippen LogP contribution in [-0.2, 0) is 9.59 Å². The van der Waals surface area contributed by atoms with Crippen LogP contribution in [0, 0.1) is 5.92 Å². The van der Waals surface area contributed by atoms with Crippen molar-refractivity contribution in [3.8, 4) is 0 Å². The molecule has 0 spiro atoms. The lowest BCUT2D eigenvalue weighted by Crippen LogP contribution is -2.31. The standard InChI is InChI=1S/C22H32O2.C8H16O2.C2H8N2/c1-2-3-4-5-6-7-8-9-10-11-12-13-14-15-16-17-18-19-20-21-22(23)24;1-3-5-7(6-4-2)8(9)10;3-1-2-4/h3-4,6-7,9-10,12-13,15-16,18-19H,2,5,8,11,14,17,20-21H2,1H3,(H,23,24);7H,3-6H2,1-2H3,(H,9,10);1-4H2/p-1/b4-3-,7-6-,10-9-,13-12-,16-15-,19-18-;;. The average Bonchev–Trinajstić information content (AvgIpc) is 2.90. The van der Waals surface area contributed by atoms with E-state index in [1.165, 1.54) is 0 Å². The minimum absolute atomic E-state index is 0.210. The Bertz CT molecular complexity index is 684. The van der Waals surface area contributed by atoms with Crippen molar-refractivity contribution in [3.63, 3.8) is 0 Å². The molecule has 0 aromatic rings. The van der Waals surface area contributed by atoms with Crippen LogP contribution >= 0.6 is 0 Å². The van der Waals surface area contributed by atoms with Crippen molar-refractivity contribution in [1.29, 1.82) is 0 Å². The fourth-order valence-corrected chi connectivity index (χ4v) is 2.92. The Hall–Kier alpha value is -2.70. The third-order valence-electron chi connectivity index (χ3n) is 4.90. The number of aliphatic carboxylic acids is 2. The number of carboxylic acids is 2. The van der Waals surface area contributed by atoms with Crippen LogP contribution in [0.25, 0.3) is 0 Å². The molecule has 6 nitrogen and oxygen atoms in total. The molecule has 0 bridgehead atoms. The van der Waals surface area contributed by atoms with Gasteiger partial charge in [0.05, 0.1) is 0 Å². The Kier molecular flexibility index (Phi) is 38.2. The molecule has 0 amide bonds. The second-order valence-electron chi connectivity index (χ2n) is 8.52. The molecule has 0 aliphatic heterocycles. The Morgan fingerprint density at radius 1 is 0.658 bits per heavy atom. The van der Waals surface area contributed by atoms with Crippen LogP contribution in [0.1, 0.15) is 97.8 Å². The van der Waals surface area contributed by atoms with Gasteiger partial charge in [-0.25, -0.2) is 0 Å². The molecule has 0 aliphatic carbocycles. The molecule has 0 aromatic carbocycles. The number of hydrogen-bond donors (Lipinski definition) is 3.